The number of nitrogen functional groups attached to an aromatic ring is 1. The Morgan fingerprint density at radius 1 is 1.00 bits per heavy atom. The molecule has 0 aliphatic heterocycles. The van der Waals surface area contributed by atoms with Gasteiger partial charge in [-0.3, -0.25) is 0 Å². The average molecular weight is 318 g/mol. The second kappa shape index (κ2) is 5.89. The van der Waals surface area contributed by atoms with Crippen molar-refractivity contribution in [3.05, 3.63) is 53.0 Å². The lowest BCUT2D eigenvalue weighted by Crippen LogP contribution is -1.96. The van der Waals surface area contributed by atoms with Crippen LogP contribution in [0, 0.1) is 0 Å². The topological polar surface area (TPSA) is 43.3 Å². The molecule has 19 heavy (non-hydrogen) atoms. The Balaban J connectivity index is 0.000000637. The van der Waals surface area contributed by atoms with E-state index in [1.807, 2.05) is 62.4 Å². The van der Waals surface area contributed by atoms with Crippen LogP contribution < -0.4 is 5.73 Å². The van der Waals surface area contributed by atoms with Gasteiger partial charge in [0.15, 0.2) is 0 Å². The van der Waals surface area contributed by atoms with E-state index in [1.165, 1.54) is 0 Å². The molecule has 2 aromatic heterocycles. The largest absolute Gasteiger partial charge is 0.384 e. The lowest BCUT2D eigenvalue weighted by Gasteiger charge is -1.96. The lowest BCUT2D eigenvalue weighted by atomic mass is 10.1. The molecule has 0 bridgehead atoms. The van der Waals surface area contributed by atoms with Gasteiger partial charge < -0.3 is 5.73 Å². The van der Waals surface area contributed by atoms with Gasteiger partial charge in [0.25, 0.3) is 0 Å². The maximum absolute atomic E-state index is 5.90. The number of hydrogen-bond acceptors (Lipinski definition) is 2. The monoisotopic (exact) mass is 317 g/mol. The Morgan fingerprint density at radius 2 is 1.68 bits per heavy atom. The molecule has 0 spiro atoms. The molecule has 0 radical (unpaired) electrons. The van der Waals surface area contributed by atoms with Crippen molar-refractivity contribution in [2.24, 2.45) is 0 Å². The number of aromatic nitrogens is 2. The predicted octanol–water partition coefficient (Wildman–Crippen LogP) is 4.37. The van der Waals surface area contributed by atoms with Crippen molar-refractivity contribution >= 4 is 27.3 Å². The molecule has 0 saturated heterocycles. The first-order valence-corrected chi connectivity index (χ1v) is 7.05. The Hall–Kier alpha value is -1.81. The summed E-state index contributed by atoms with van der Waals surface area (Å²) in [5.74, 6) is 0.630. The summed E-state index contributed by atoms with van der Waals surface area (Å²) < 4.78 is 2.71. The maximum atomic E-state index is 5.90. The number of rotatable bonds is 1. The number of halogens is 1. The summed E-state index contributed by atoms with van der Waals surface area (Å²) in [5, 5.41) is 4.53. The van der Waals surface area contributed by atoms with Gasteiger partial charge in [0.05, 0.1) is 9.99 Å². The van der Waals surface area contributed by atoms with Gasteiger partial charge in [-0.2, -0.15) is 5.10 Å². The second-order valence-corrected chi connectivity index (χ2v) is 4.57. The van der Waals surface area contributed by atoms with Gasteiger partial charge in [-0.1, -0.05) is 50.2 Å². The van der Waals surface area contributed by atoms with Crippen molar-refractivity contribution in [3.63, 3.8) is 0 Å². The standard InChI is InChI=1S/C13H10BrN3.C2H6/c14-12-10-7-4-8-11(15)17(10)16-13(12)9-5-2-1-3-6-9;1-2/h1-8H,15H2;1-2H3. The molecule has 98 valence electrons. The zero-order valence-electron chi connectivity index (χ0n) is 11.0. The van der Waals surface area contributed by atoms with E-state index in [-0.39, 0.29) is 0 Å². The van der Waals surface area contributed by atoms with E-state index < -0.39 is 0 Å². The highest BCUT2D eigenvalue weighted by Gasteiger charge is 2.12. The number of benzene rings is 1. The summed E-state index contributed by atoms with van der Waals surface area (Å²) in [6.45, 7) is 4.00. The van der Waals surface area contributed by atoms with Crippen LogP contribution in [0.3, 0.4) is 0 Å². The van der Waals surface area contributed by atoms with Crippen molar-refractivity contribution in [2.45, 2.75) is 13.8 Å². The van der Waals surface area contributed by atoms with E-state index >= 15 is 0 Å². The van der Waals surface area contributed by atoms with Crippen molar-refractivity contribution < 1.29 is 0 Å². The molecule has 0 aliphatic rings. The first-order valence-electron chi connectivity index (χ1n) is 6.25. The highest BCUT2D eigenvalue weighted by atomic mass is 79.9. The normalized spacial score (nSPS) is 10.1. The summed E-state index contributed by atoms with van der Waals surface area (Å²) in [6, 6.07) is 15.8. The Morgan fingerprint density at radius 3 is 2.32 bits per heavy atom. The van der Waals surface area contributed by atoms with Crippen LogP contribution in [0.4, 0.5) is 5.82 Å². The van der Waals surface area contributed by atoms with Crippen molar-refractivity contribution in [1.29, 1.82) is 0 Å². The van der Waals surface area contributed by atoms with E-state index in [0.29, 0.717) is 5.82 Å². The van der Waals surface area contributed by atoms with Crippen LogP contribution in [0.25, 0.3) is 16.8 Å². The minimum absolute atomic E-state index is 0.630. The van der Waals surface area contributed by atoms with Crippen molar-refractivity contribution in [2.75, 3.05) is 5.73 Å². The summed E-state index contributed by atoms with van der Waals surface area (Å²) in [6.07, 6.45) is 0. The molecular weight excluding hydrogens is 302 g/mol. The Labute approximate surface area is 121 Å². The van der Waals surface area contributed by atoms with E-state index in [4.69, 9.17) is 5.73 Å². The maximum Gasteiger partial charge on any atom is 0.125 e. The zero-order valence-corrected chi connectivity index (χ0v) is 12.6. The number of nitrogens with two attached hydrogens (primary N) is 1. The van der Waals surface area contributed by atoms with Crippen LogP contribution in [0.5, 0.6) is 0 Å². The molecule has 0 aliphatic carbocycles. The van der Waals surface area contributed by atoms with Crippen LogP contribution in [0.2, 0.25) is 0 Å². The third-order valence-electron chi connectivity index (χ3n) is 2.67. The molecule has 3 nitrogen and oxygen atoms in total. The molecule has 0 saturated carbocycles. The molecule has 0 fully saturated rings. The number of anilines is 1. The molecule has 0 unspecified atom stereocenters. The molecule has 4 heteroatoms. The Bertz CT molecular complexity index is 674. The van der Waals surface area contributed by atoms with Gasteiger partial charge in [0.1, 0.15) is 11.5 Å². The fraction of sp³-hybridized carbons (Fsp3) is 0.133. The first-order chi connectivity index (χ1) is 9.27. The number of nitrogens with zero attached hydrogens (tertiary/aromatic N) is 2. The van der Waals surface area contributed by atoms with E-state index in [1.54, 1.807) is 4.52 Å². The Kier molecular flexibility index (Phi) is 4.22. The van der Waals surface area contributed by atoms with Crippen molar-refractivity contribution in [3.8, 4) is 11.3 Å². The van der Waals surface area contributed by atoms with Gasteiger partial charge in [0, 0.05) is 5.56 Å². The fourth-order valence-corrected chi connectivity index (χ4v) is 2.45. The number of pyridine rings is 1. The summed E-state index contributed by atoms with van der Waals surface area (Å²) in [4.78, 5) is 0. The molecular formula is C15H16BrN3. The van der Waals surface area contributed by atoms with E-state index in [2.05, 4.69) is 21.0 Å². The van der Waals surface area contributed by atoms with Crippen molar-refractivity contribution in [1.82, 2.24) is 9.61 Å². The van der Waals surface area contributed by atoms with E-state index in [9.17, 15) is 0 Å². The minimum Gasteiger partial charge on any atom is -0.384 e. The van der Waals surface area contributed by atoms with Crippen LogP contribution in [0.1, 0.15) is 13.8 Å². The van der Waals surface area contributed by atoms with Gasteiger partial charge in [-0.25, -0.2) is 4.52 Å². The molecule has 2 heterocycles. The van der Waals surface area contributed by atoms with Gasteiger partial charge in [-0.05, 0) is 28.1 Å². The van der Waals surface area contributed by atoms with Gasteiger partial charge in [-0.15, -0.1) is 0 Å². The summed E-state index contributed by atoms with van der Waals surface area (Å²) in [7, 11) is 0. The zero-order chi connectivity index (χ0) is 13.8. The summed E-state index contributed by atoms with van der Waals surface area (Å²) in [5.41, 5.74) is 8.85. The quantitative estimate of drug-likeness (QED) is 0.724. The third kappa shape index (κ3) is 2.49. The van der Waals surface area contributed by atoms with Crippen LogP contribution >= 0.6 is 15.9 Å². The number of fused-ring (bicyclic) bond motifs is 1. The van der Waals surface area contributed by atoms with Gasteiger partial charge >= 0.3 is 0 Å². The second-order valence-electron chi connectivity index (χ2n) is 3.78. The van der Waals surface area contributed by atoms with Crippen LogP contribution in [-0.2, 0) is 0 Å². The summed E-state index contributed by atoms with van der Waals surface area (Å²) >= 11 is 3.58. The third-order valence-corrected chi connectivity index (χ3v) is 3.46. The molecule has 2 N–H and O–H groups in total. The number of hydrogen-bond donors (Lipinski definition) is 1. The fourth-order valence-electron chi connectivity index (χ4n) is 1.84. The van der Waals surface area contributed by atoms with E-state index in [0.717, 1.165) is 21.2 Å². The molecule has 3 rings (SSSR count). The van der Waals surface area contributed by atoms with Crippen LogP contribution in [0.15, 0.2) is 53.0 Å². The highest BCUT2D eigenvalue weighted by molar-refractivity contribution is 9.10. The average Bonchev–Trinajstić information content (AvgIpc) is 2.81. The molecule has 3 aromatic rings. The van der Waals surface area contributed by atoms with Crippen LogP contribution in [-0.4, -0.2) is 9.61 Å². The highest BCUT2D eigenvalue weighted by Crippen LogP contribution is 2.31. The first kappa shape index (κ1) is 13.6. The predicted molar refractivity (Wildman–Crippen MR) is 84.1 cm³/mol. The molecule has 0 atom stereocenters. The minimum atomic E-state index is 0.630. The van der Waals surface area contributed by atoms with Gasteiger partial charge in [0.2, 0.25) is 0 Å². The lowest BCUT2D eigenvalue weighted by molar-refractivity contribution is 0.978. The molecule has 0 amide bonds. The SMILES string of the molecule is CC.Nc1cccc2c(Br)c(-c3ccccc3)nn12. The molecule has 1 aromatic carbocycles. The smallest absolute Gasteiger partial charge is 0.125 e.